The van der Waals surface area contributed by atoms with E-state index < -0.39 is 11.6 Å². The lowest BCUT2D eigenvalue weighted by Crippen LogP contribution is -2.45. The molecule has 1 aromatic heterocycles. The second-order valence-corrected chi connectivity index (χ2v) is 8.41. The SMILES string of the molecule is CN1CCN(CCNc2nnc(-c3ccccc3)c(Cl)c2C(=N)c2ccc(F)c(F)c2)CC1. The predicted molar refractivity (Wildman–Crippen MR) is 127 cm³/mol. The zero-order chi connectivity index (χ0) is 23.4. The van der Waals surface area contributed by atoms with Crippen molar-refractivity contribution in [2.24, 2.45) is 0 Å². The number of nitrogens with one attached hydrogen (secondary N) is 2. The lowest BCUT2D eigenvalue weighted by atomic mass is 10.0. The van der Waals surface area contributed by atoms with E-state index in [0.717, 1.165) is 50.4 Å². The largest absolute Gasteiger partial charge is 0.367 e. The van der Waals surface area contributed by atoms with Crippen molar-refractivity contribution in [1.82, 2.24) is 20.0 Å². The number of rotatable bonds is 7. The van der Waals surface area contributed by atoms with Crippen LogP contribution in [0.2, 0.25) is 5.02 Å². The molecule has 1 fully saturated rings. The van der Waals surface area contributed by atoms with E-state index in [1.807, 2.05) is 30.3 Å². The Labute approximate surface area is 196 Å². The van der Waals surface area contributed by atoms with Crippen LogP contribution in [-0.4, -0.2) is 72.0 Å². The van der Waals surface area contributed by atoms with Gasteiger partial charge in [0, 0.05) is 50.4 Å². The van der Waals surface area contributed by atoms with Gasteiger partial charge in [0.1, 0.15) is 5.69 Å². The van der Waals surface area contributed by atoms with E-state index in [9.17, 15) is 8.78 Å². The molecule has 172 valence electrons. The minimum absolute atomic E-state index is 0.0620. The quantitative estimate of drug-likeness (QED) is 0.508. The fraction of sp³-hybridized carbons (Fsp3) is 0.292. The van der Waals surface area contributed by atoms with Crippen molar-refractivity contribution in [3.05, 3.63) is 76.3 Å². The molecule has 3 aromatic rings. The number of benzene rings is 2. The zero-order valence-corrected chi connectivity index (χ0v) is 19.0. The van der Waals surface area contributed by atoms with Gasteiger partial charge in [-0.25, -0.2) is 8.78 Å². The van der Waals surface area contributed by atoms with Gasteiger partial charge in [0.2, 0.25) is 0 Å². The van der Waals surface area contributed by atoms with Crippen LogP contribution in [0.15, 0.2) is 48.5 Å². The van der Waals surface area contributed by atoms with Crippen molar-refractivity contribution in [2.45, 2.75) is 0 Å². The number of anilines is 1. The van der Waals surface area contributed by atoms with Gasteiger partial charge in [-0.3, -0.25) is 10.3 Å². The fourth-order valence-corrected chi connectivity index (χ4v) is 4.08. The van der Waals surface area contributed by atoms with E-state index in [4.69, 9.17) is 17.0 Å². The summed E-state index contributed by atoms with van der Waals surface area (Å²) in [6.45, 7) is 5.38. The standard InChI is InChI=1S/C24H25ClF2N6/c1-32-11-13-33(14-12-32)10-9-29-24-20(22(28)17-7-8-18(26)19(27)15-17)21(25)23(30-31-24)16-5-3-2-4-6-16/h2-8,15,28H,9-14H2,1H3,(H,29,31). The molecule has 0 radical (unpaired) electrons. The van der Waals surface area contributed by atoms with Crippen molar-refractivity contribution in [3.8, 4) is 11.3 Å². The van der Waals surface area contributed by atoms with Gasteiger partial charge in [0.15, 0.2) is 17.5 Å². The molecular weight excluding hydrogens is 446 g/mol. The van der Waals surface area contributed by atoms with Crippen LogP contribution in [0.1, 0.15) is 11.1 Å². The van der Waals surface area contributed by atoms with E-state index in [0.29, 0.717) is 23.6 Å². The maximum Gasteiger partial charge on any atom is 0.159 e. The number of nitrogens with zero attached hydrogens (tertiary/aromatic N) is 4. The molecule has 9 heteroatoms. The van der Waals surface area contributed by atoms with Crippen LogP contribution in [0.5, 0.6) is 0 Å². The maximum absolute atomic E-state index is 13.9. The highest BCUT2D eigenvalue weighted by molar-refractivity contribution is 6.38. The second-order valence-electron chi connectivity index (χ2n) is 8.03. The number of piperazine rings is 1. The molecule has 33 heavy (non-hydrogen) atoms. The summed E-state index contributed by atoms with van der Waals surface area (Å²) < 4.78 is 27.3. The van der Waals surface area contributed by atoms with Gasteiger partial charge in [-0.1, -0.05) is 41.9 Å². The third-order valence-electron chi connectivity index (χ3n) is 5.74. The Bertz CT molecular complexity index is 1130. The van der Waals surface area contributed by atoms with Gasteiger partial charge >= 0.3 is 0 Å². The minimum Gasteiger partial charge on any atom is -0.367 e. The first-order chi connectivity index (χ1) is 15.9. The summed E-state index contributed by atoms with van der Waals surface area (Å²) in [7, 11) is 2.11. The molecule has 2 aromatic carbocycles. The molecule has 0 spiro atoms. The number of aromatic nitrogens is 2. The van der Waals surface area contributed by atoms with Crippen LogP contribution >= 0.6 is 11.6 Å². The molecule has 0 saturated carbocycles. The summed E-state index contributed by atoms with van der Waals surface area (Å²) in [6.07, 6.45) is 0. The van der Waals surface area contributed by atoms with Crippen molar-refractivity contribution >= 4 is 23.1 Å². The highest BCUT2D eigenvalue weighted by Gasteiger charge is 2.22. The number of hydrogen-bond donors (Lipinski definition) is 2. The Morgan fingerprint density at radius 2 is 1.76 bits per heavy atom. The van der Waals surface area contributed by atoms with E-state index in [2.05, 4.69) is 32.4 Å². The summed E-state index contributed by atoms with van der Waals surface area (Å²) in [5.74, 6) is -1.66. The molecule has 0 aliphatic carbocycles. The Balaban J connectivity index is 1.64. The molecule has 4 rings (SSSR count). The molecule has 2 N–H and O–H groups in total. The van der Waals surface area contributed by atoms with Gasteiger partial charge in [-0.2, -0.15) is 0 Å². The first kappa shape index (κ1) is 23.2. The third-order valence-corrected chi connectivity index (χ3v) is 6.10. The van der Waals surface area contributed by atoms with Gasteiger partial charge in [-0.05, 0) is 25.2 Å². The van der Waals surface area contributed by atoms with Crippen LogP contribution in [0.25, 0.3) is 11.3 Å². The smallest absolute Gasteiger partial charge is 0.159 e. The summed E-state index contributed by atoms with van der Waals surface area (Å²) in [5, 5.41) is 20.8. The van der Waals surface area contributed by atoms with Crippen molar-refractivity contribution < 1.29 is 8.78 Å². The number of halogens is 3. The first-order valence-electron chi connectivity index (χ1n) is 10.7. The fourth-order valence-electron chi connectivity index (χ4n) is 3.75. The molecule has 0 unspecified atom stereocenters. The summed E-state index contributed by atoms with van der Waals surface area (Å²) in [5.41, 5.74) is 1.61. The van der Waals surface area contributed by atoms with Gasteiger partial charge in [0.25, 0.3) is 0 Å². The van der Waals surface area contributed by atoms with Gasteiger partial charge < -0.3 is 10.2 Å². The zero-order valence-electron chi connectivity index (χ0n) is 18.3. The van der Waals surface area contributed by atoms with E-state index in [1.165, 1.54) is 6.07 Å². The Kier molecular flexibility index (Phi) is 7.27. The molecule has 1 aliphatic rings. The highest BCUT2D eigenvalue weighted by atomic mass is 35.5. The highest BCUT2D eigenvalue weighted by Crippen LogP contribution is 2.33. The monoisotopic (exact) mass is 470 g/mol. The Morgan fingerprint density at radius 3 is 2.45 bits per heavy atom. The normalized spacial score (nSPS) is 14.9. The molecule has 0 atom stereocenters. The molecule has 2 heterocycles. The van der Waals surface area contributed by atoms with Crippen LogP contribution in [-0.2, 0) is 0 Å². The molecule has 1 saturated heterocycles. The summed E-state index contributed by atoms with van der Waals surface area (Å²) in [4.78, 5) is 4.64. The maximum atomic E-state index is 13.9. The van der Waals surface area contributed by atoms with Crippen LogP contribution in [0.3, 0.4) is 0 Å². The third kappa shape index (κ3) is 5.35. The molecule has 6 nitrogen and oxygen atoms in total. The average Bonchev–Trinajstić information content (AvgIpc) is 2.82. The van der Waals surface area contributed by atoms with E-state index in [-0.39, 0.29) is 16.3 Å². The van der Waals surface area contributed by atoms with Crippen LogP contribution < -0.4 is 5.32 Å². The van der Waals surface area contributed by atoms with Crippen molar-refractivity contribution in [3.63, 3.8) is 0 Å². The lowest BCUT2D eigenvalue weighted by Gasteiger charge is -2.32. The van der Waals surface area contributed by atoms with E-state index in [1.54, 1.807) is 0 Å². The first-order valence-corrected chi connectivity index (χ1v) is 11.1. The Morgan fingerprint density at radius 1 is 1.03 bits per heavy atom. The molecule has 0 amide bonds. The lowest BCUT2D eigenvalue weighted by molar-refractivity contribution is 0.158. The number of hydrogen-bond acceptors (Lipinski definition) is 6. The predicted octanol–water partition coefficient (Wildman–Crippen LogP) is 4.15. The molecule has 0 bridgehead atoms. The second kappa shape index (κ2) is 10.3. The Hall–Kier alpha value is -2.94. The van der Waals surface area contributed by atoms with Gasteiger partial charge in [0.05, 0.1) is 16.3 Å². The number of likely N-dealkylation sites (N-methyl/N-ethyl adjacent to an activating group) is 1. The van der Waals surface area contributed by atoms with E-state index >= 15 is 0 Å². The van der Waals surface area contributed by atoms with Crippen molar-refractivity contribution in [2.75, 3.05) is 51.6 Å². The van der Waals surface area contributed by atoms with Crippen LogP contribution in [0.4, 0.5) is 14.6 Å². The topological polar surface area (TPSA) is 68.1 Å². The van der Waals surface area contributed by atoms with Gasteiger partial charge in [-0.15, -0.1) is 10.2 Å². The molecule has 1 aliphatic heterocycles. The molecular formula is C24H25ClF2N6. The van der Waals surface area contributed by atoms with Crippen molar-refractivity contribution in [1.29, 1.82) is 5.41 Å². The average molecular weight is 471 g/mol. The summed E-state index contributed by atoms with van der Waals surface area (Å²) >= 11 is 6.74. The minimum atomic E-state index is -1.02. The van der Waals surface area contributed by atoms with Crippen LogP contribution in [0, 0.1) is 17.0 Å². The summed E-state index contributed by atoms with van der Waals surface area (Å²) in [6, 6.07) is 12.6.